The van der Waals surface area contributed by atoms with Gasteiger partial charge in [-0.25, -0.2) is 0 Å². The molecule has 0 heterocycles. The first-order valence-electron chi connectivity index (χ1n) is 4.24. The van der Waals surface area contributed by atoms with Gasteiger partial charge in [0, 0.05) is 0 Å². The molecule has 0 radical (unpaired) electrons. The maximum Gasteiger partial charge on any atom is 0.316 e. The Morgan fingerprint density at radius 3 is 2.86 bits per heavy atom. The van der Waals surface area contributed by atoms with Crippen molar-refractivity contribution in [3.8, 4) is 11.8 Å². The van der Waals surface area contributed by atoms with Crippen LogP contribution >= 0.6 is 0 Å². The SMILES string of the molecule is CC#C[C@@]1(O)C=CC=C[C@@H]1C(=O)OC. The number of aliphatic hydroxyl groups is 1. The molecule has 0 unspecified atom stereocenters. The first-order chi connectivity index (χ1) is 6.64. The molecule has 3 nitrogen and oxygen atoms in total. The molecule has 3 heteroatoms. The lowest BCUT2D eigenvalue weighted by atomic mass is 9.84. The number of rotatable bonds is 1. The Morgan fingerprint density at radius 1 is 1.57 bits per heavy atom. The van der Waals surface area contributed by atoms with Gasteiger partial charge in [-0.05, 0) is 13.0 Å². The fourth-order valence-electron chi connectivity index (χ4n) is 1.33. The maximum absolute atomic E-state index is 11.3. The van der Waals surface area contributed by atoms with E-state index in [1.165, 1.54) is 13.2 Å². The van der Waals surface area contributed by atoms with E-state index in [-0.39, 0.29) is 0 Å². The van der Waals surface area contributed by atoms with Crippen LogP contribution in [0.1, 0.15) is 6.92 Å². The van der Waals surface area contributed by atoms with E-state index in [0.717, 1.165) is 0 Å². The zero-order chi connectivity index (χ0) is 10.6. The van der Waals surface area contributed by atoms with Crippen LogP contribution < -0.4 is 0 Å². The fraction of sp³-hybridized carbons (Fsp3) is 0.364. The zero-order valence-corrected chi connectivity index (χ0v) is 8.15. The van der Waals surface area contributed by atoms with Gasteiger partial charge < -0.3 is 9.84 Å². The minimum atomic E-state index is -1.43. The number of carbonyl (C=O) groups is 1. The van der Waals surface area contributed by atoms with Crippen LogP contribution in [0.15, 0.2) is 24.3 Å². The van der Waals surface area contributed by atoms with Crippen LogP contribution in [-0.2, 0) is 9.53 Å². The number of carbonyl (C=O) groups excluding carboxylic acids is 1. The molecule has 1 N–H and O–H groups in total. The predicted molar refractivity (Wildman–Crippen MR) is 52.2 cm³/mol. The molecular weight excluding hydrogens is 180 g/mol. The topological polar surface area (TPSA) is 46.5 Å². The highest BCUT2D eigenvalue weighted by Crippen LogP contribution is 2.25. The van der Waals surface area contributed by atoms with Crippen LogP contribution in [0, 0.1) is 17.8 Å². The Bertz CT molecular complexity index is 343. The molecular formula is C11H12O3. The van der Waals surface area contributed by atoms with Crippen molar-refractivity contribution in [1.82, 2.24) is 0 Å². The number of ether oxygens (including phenoxy) is 1. The van der Waals surface area contributed by atoms with Gasteiger partial charge >= 0.3 is 5.97 Å². The lowest BCUT2D eigenvalue weighted by Gasteiger charge is -2.26. The minimum absolute atomic E-state index is 0.490. The molecule has 0 saturated heterocycles. The molecule has 0 spiro atoms. The first-order valence-corrected chi connectivity index (χ1v) is 4.24. The third-order valence-corrected chi connectivity index (χ3v) is 2.02. The van der Waals surface area contributed by atoms with Crippen molar-refractivity contribution >= 4 is 5.97 Å². The lowest BCUT2D eigenvalue weighted by Crippen LogP contribution is -2.40. The van der Waals surface area contributed by atoms with E-state index in [2.05, 4.69) is 16.6 Å². The number of methoxy groups -OCH3 is 1. The second kappa shape index (κ2) is 4.12. The molecule has 1 aliphatic rings. The van der Waals surface area contributed by atoms with Crippen molar-refractivity contribution in [2.45, 2.75) is 12.5 Å². The van der Waals surface area contributed by atoms with Gasteiger partial charge in [0.2, 0.25) is 0 Å². The van der Waals surface area contributed by atoms with E-state index in [1.807, 2.05) is 0 Å². The van der Waals surface area contributed by atoms with Gasteiger partial charge in [-0.3, -0.25) is 4.79 Å². The van der Waals surface area contributed by atoms with Crippen molar-refractivity contribution in [1.29, 1.82) is 0 Å². The number of hydrogen-bond donors (Lipinski definition) is 1. The summed E-state index contributed by atoms with van der Waals surface area (Å²) in [6.07, 6.45) is 6.42. The van der Waals surface area contributed by atoms with Crippen molar-refractivity contribution < 1.29 is 14.6 Å². The van der Waals surface area contributed by atoms with Crippen LogP contribution in [0.4, 0.5) is 0 Å². The van der Waals surface area contributed by atoms with Crippen molar-refractivity contribution in [2.24, 2.45) is 5.92 Å². The Labute approximate surface area is 83.1 Å². The lowest BCUT2D eigenvalue weighted by molar-refractivity contribution is -0.147. The molecule has 0 amide bonds. The summed E-state index contributed by atoms with van der Waals surface area (Å²) in [6.45, 7) is 1.61. The van der Waals surface area contributed by atoms with Gasteiger partial charge in [0.15, 0.2) is 5.60 Å². The van der Waals surface area contributed by atoms with Gasteiger partial charge in [0.1, 0.15) is 5.92 Å². The fourth-order valence-corrected chi connectivity index (χ4v) is 1.33. The molecule has 1 rings (SSSR count). The summed E-state index contributed by atoms with van der Waals surface area (Å²) in [5, 5.41) is 10.0. The average molecular weight is 192 g/mol. The molecule has 0 fully saturated rings. The van der Waals surface area contributed by atoms with Crippen LogP contribution in [-0.4, -0.2) is 23.8 Å². The van der Waals surface area contributed by atoms with Gasteiger partial charge in [0.05, 0.1) is 7.11 Å². The van der Waals surface area contributed by atoms with Crippen LogP contribution in [0.2, 0.25) is 0 Å². The molecule has 0 aromatic rings. The third kappa shape index (κ3) is 1.86. The number of hydrogen-bond acceptors (Lipinski definition) is 3. The standard InChI is InChI=1S/C11H12O3/c1-3-7-11(13)8-5-4-6-9(11)10(12)14-2/h4-6,8-9,13H,1-2H3/t9-,11-/m1/s1. The number of allylic oxidation sites excluding steroid dienone is 2. The summed E-state index contributed by atoms with van der Waals surface area (Å²) < 4.78 is 4.58. The van der Waals surface area contributed by atoms with E-state index < -0.39 is 17.5 Å². The van der Waals surface area contributed by atoms with Gasteiger partial charge in [-0.1, -0.05) is 24.1 Å². The molecule has 0 aliphatic heterocycles. The average Bonchev–Trinajstić information content (AvgIpc) is 2.17. The third-order valence-electron chi connectivity index (χ3n) is 2.02. The maximum atomic E-state index is 11.3. The summed E-state index contributed by atoms with van der Waals surface area (Å²) in [7, 11) is 1.29. The van der Waals surface area contributed by atoms with Crippen LogP contribution in [0.25, 0.3) is 0 Å². The molecule has 0 aromatic heterocycles. The normalized spacial score (nSPS) is 29.2. The molecule has 14 heavy (non-hydrogen) atoms. The molecule has 0 bridgehead atoms. The van der Waals surface area contributed by atoms with Crippen LogP contribution in [0.5, 0.6) is 0 Å². The molecule has 0 saturated carbocycles. The van der Waals surface area contributed by atoms with Gasteiger partial charge in [0.25, 0.3) is 0 Å². The quantitative estimate of drug-likeness (QED) is 0.490. The number of esters is 1. The summed E-state index contributed by atoms with van der Waals surface area (Å²) in [5.74, 6) is 3.95. The summed E-state index contributed by atoms with van der Waals surface area (Å²) in [5.41, 5.74) is -1.43. The highest BCUT2D eigenvalue weighted by atomic mass is 16.5. The first kappa shape index (κ1) is 10.6. The second-order valence-corrected chi connectivity index (χ2v) is 2.95. The van der Waals surface area contributed by atoms with E-state index in [0.29, 0.717) is 0 Å². The van der Waals surface area contributed by atoms with Crippen LogP contribution in [0.3, 0.4) is 0 Å². The van der Waals surface area contributed by atoms with E-state index in [4.69, 9.17) is 0 Å². The van der Waals surface area contributed by atoms with Gasteiger partial charge in [-0.15, -0.1) is 5.92 Å². The van der Waals surface area contributed by atoms with Gasteiger partial charge in [-0.2, -0.15) is 0 Å². The Kier molecular flexibility index (Phi) is 3.10. The summed E-state index contributed by atoms with van der Waals surface area (Å²) >= 11 is 0. The van der Waals surface area contributed by atoms with E-state index >= 15 is 0 Å². The Hall–Kier alpha value is -1.53. The summed E-state index contributed by atoms with van der Waals surface area (Å²) in [6, 6.07) is 0. The molecule has 74 valence electrons. The predicted octanol–water partition coefficient (Wildman–Crippen LogP) is 0.656. The molecule has 2 atom stereocenters. The van der Waals surface area contributed by atoms with E-state index in [1.54, 1.807) is 25.2 Å². The largest absolute Gasteiger partial charge is 0.468 e. The second-order valence-electron chi connectivity index (χ2n) is 2.95. The van der Waals surface area contributed by atoms with Crippen molar-refractivity contribution in [3.05, 3.63) is 24.3 Å². The van der Waals surface area contributed by atoms with Crippen molar-refractivity contribution in [3.63, 3.8) is 0 Å². The summed E-state index contributed by atoms with van der Waals surface area (Å²) in [4.78, 5) is 11.3. The van der Waals surface area contributed by atoms with E-state index in [9.17, 15) is 9.90 Å². The highest BCUT2D eigenvalue weighted by Gasteiger charge is 2.38. The Balaban J connectivity index is 3.01. The zero-order valence-electron chi connectivity index (χ0n) is 8.15. The Morgan fingerprint density at radius 2 is 2.29 bits per heavy atom. The van der Waals surface area contributed by atoms with Crippen molar-refractivity contribution in [2.75, 3.05) is 7.11 Å². The molecule has 0 aromatic carbocycles. The highest BCUT2D eigenvalue weighted by molar-refractivity contribution is 5.78. The smallest absolute Gasteiger partial charge is 0.316 e. The minimum Gasteiger partial charge on any atom is -0.468 e. The molecule has 1 aliphatic carbocycles. The monoisotopic (exact) mass is 192 g/mol.